The normalized spacial score (nSPS) is 12.3. The third-order valence-electron chi connectivity index (χ3n) is 3.54. The van der Waals surface area contributed by atoms with Crippen molar-refractivity contribution in [2.24, 2.45) is 7.05 Å². The molecule has 2 N–H and O–H groups in total. The van der Waals surface area contributed by atoms with E-state index in [2.05, 4.69) is 9.82 Å². The molecule has 0 saturated heterocycles. The number of hydrogen-bond acceptors (Lipinski definition) is 4. The molecular weight excluding hydrogens is 366 g/mol. The highest BCUT2D eigenvalue weighted by Crippen LogP contribution is 2.24. The van der Waals surface area contributed by atoms with Crippen molar-refractivity contribution < 1.29 is 22.0 Å². The first kappa shape index (κ1) is 19.8. The van der Waals surface area contributed by atoms with Crippen molar-refractivity contribution in [3.63, 3.8) is 0 Å². The van der Waals surface area contributed by atoms with E-state index in [0.29, 0.717) is 0 Å². The number of carbonyl (C=O) groups is 1. The molecule has 2 aromatic rings. The third kappa shape index (κ3) is 4.78. The molecule has 0 aliphatic rings. The zero-order valence-electron chi connectivity index (χ0n) is 14.7. The molecule has 0 atom stereocenters. The van der Waals surface area contributed by atoms with Crippen LogP contribution < -0.4 is 9.44 Å². The molecule has 0 spiro atoms. The first-order valence-electron chi connectivity index (χ1n) is 7.66. The van der Waals surface area contributed by atoms with Gasteiger partial charge in [-0.15, -0.1) is 0 Å². The van der Waals surface area contributed by atoms with E-state index in [1.807, 2.05) is 20.8 Å². The zero-order chi connectivity index (χ0) is 19.7. The summed E-state index contributed by atoms with van der Waals surface area (Å²) in [5, 5.41) is 3.47. The molecule has 1 heterocycles. The van der Waals surface area contributed by atoms with Crippen LogP contribution in [0.15, 0.2) is 30.5 Å². The molecule has 1 amide bonds. The smallest absolute Gasteiger partial charge is 0.275 e. The molecule has 7 nitrogen and oxygen atoms in total. The maximum Gasteiger partial charge on any atom is 0.323 e. The van der Waals surface area contributed by atoms with E-state index in [9.17, 15) is 22.0 Å². The summed E-state index contributed by atoms with van der Waals surface area (Å²) >= 11 is 0. The summed E-state index contributed by atoms with van der Waals surface area (Å²) in [4.78, 5) is 12.1. The number of rotatable bonds is 5. The summed E-state index contributed by atoms with van der Waals surface area (Å²) in [7, 11) is -2.94. The Morgan fingerprint density at radius 2 is 1.77 bits per heavy atom. The molecule has 1 aromatic carbocycles. The van der Waals surface area contributed by atoms with Crippen LogP contribution in [0.4, 0.5) is 14.5 Å². The van der Waals surface area contributed by atoms with Crippen molar-refractivity contribution in [2.45, 2.75) is 32.6 Å². The van der Waals surface area contributed by atoms with E-state index in [0.717, 1.165) is 16.4 Å². The van der Waals surface area contributed by atoms with Gasteiger partial charge >= 0.3 is 10.2 Å². The number of aromatic nitrogens is 2. The van der Waals surface area contributed by atoms with Gasteiger partial charge in [-0.05, 0) is 23.1 Å². The number of amides is 1. The average molecular weight is 386 g/mol. The lowest BCUT2D eigenvalue weighted by atomic mass is 9.87. The number of hydrogen-bond donors (Lipinski definition) is 2. The molecule has 0 saturated carbocycles. The Labute approximate surface area is 150 Å². The predicted octanol–water partition coefficient (Wildman–Crippen LogP) is 2.74. The largest absolute Gasteiger partial charge is 0.323 e. The summed E-state index contributed by atoms with van der Waals surface area (Å²) in [6.45, 7) is 6.04. The van der Waals surface area contributed by atoms with Crippen LogP contribution in [0.1, 0.15) is 48.8 Å². The minimum atomic E-state index is -4.30. The van der Waals surface area contributed by atoms with Gasteiger partial charge in [-0.25, -0.2) is 13.5 Å². The van der Waals surface area contributed by atoms with Crippen molar-refractivity contribution >= 4 is 21.8 Å². The third-order valence-corrected chi connectivity index (χ3v) is 4.50. The minimum Gasteiger partial charge on any atom is -0.275 e. The molecule has 1 aromatic heterocycles. The molecule has 10 heteroatoms. The Kier molecular flexibility index (Phi) is 5.36. The molecule has 0 bridgehead atoms. The number of nitrogens with one attached hydrogen (secondary N) is 2. The van der Waals surface area contributed by atoms with Gasteiger partial charge in [0.15, 0.2) is 0 Å². The van der Waals surface area contributed by atoms with Crippen LogP contribution in [-0.2, 0) is 22.7 Å². The SMILES string of the molecule is Cn1cc(C(=O)NS(=O)(=O)Nc2ccc(C(C)(C)C)cc2)c(C(F)F)n1. The second-order valence-corrected chi connectivity index (χ2v) is 8.18. The van der Waals surface area contributed by atoms with Crippen molar-refractivity contribution in [1.29, 1.82) is 0 Å². The Balaban J connectivity index is 2.15. The van der Waals surface area contributed by atoms with Crippen LogP contribution in [0.2, 0.25) is 0 Å². The van der Waals surface area contributed by atoms with Gasteiger partial charge in [-0.3, -0.25) is 14.2 Å². The summed E-state index contributed by atoms with van der Waals surface area (Å²) in [5.74, 6) is -1.19. The van der Waals surface area contributed by atoms with Gasteiger partial charge in [-0.1, -0.05) is 32.9 Å². The van der Waals surface area contributed by atoms with Crippen LogP contribution in [0.3, 0.4) is 0 Å². The van der Waals surface area contributed by atoms with Crippen molar-refractivity contribution in [3.8, 4) is 0 Å². The van der Waals surface area contributed by atoms with Gasteiger partial charge < -0.3 is 0 Å². The second-order valence-electron chi connectivity index (χ2n) is 6.77. The lowest BCUT2D eigenvalue weighted by molar-refractivity contribution is 0.0966. The molecule has 0 fully saturated rings. The van der Waals surface area contributed by atoms with E-state index < -0.39 is 33.8 Å². The fourth-order valence-corrected chi connectivity index (χ4v) is 3.09. The average Bonchev–Trinajstić information content (AvgIpc) is 2.88. The van der Waals surface area contributed by atoms with Crippen LogP contribution in [0.5, 0.6) is 0 Å². The van der Waals surface area contributed by atoms with Crippen molar-refractivity contribution in [2.75, 3.05) is 4.72 Å². The predicted molar refractivity (Wildman–Crippen MR) is 93.3 cm³/mol. The Bertz CT molecular complexity index is 901. The number of aryl methyl sites for hydroxylation is 1. The molecule has 0 radical (unpaired) electrons. The highest BCUT2D eigenvalue weighted by molar-refractivity contribution is 7.91. The van der Waals surface area contributed by atoms with E-state index in [1.54, 1.807) is 29.0 Å². The Morgan fingerprint density at radius 1 is 1.19 bits per heavy atom. The van der Waals surface area contributed by atoms with Crippen molar-refractivity contribution in [1.82, 2.24) is 14.5 Å². The lowest BCUT2D eigenvalue weighted by Crippen LogP contribution is -2.35. The molecule has 142 valence electrons. The summed E-state index contributed by atoms with van der Waals surface area (Å²) in [6, 6.07) is 6.63. The van der Waals surface area contributed by atoms with Gasteiger partial charge in [0.25, 0.3) is 12.3 Å². The second kappa shape index (κ2) is 7.02. The maximum absolute atomic E-state index is 12.9. The maximum atomic E-state index is 12.9. The van der Waals surface area contributed by atoms with Crippen LogP contribution in [0.25, 0.3) is 0 Å². The van der Waals surface area contributed by atoms with Crippen LogP contribution in [0, 0.1) is 0 Å². The molecule has 0 aliphatic heterocycles. The fraction of sp³-hybridized carbons (Fsp3) is 0.375. The quantitative estimate of drug-likeness (QED) is 0.826. The van der Waals surface area contributed by atoms with E-state index in [1.165, 1.54) is 7.05 Å². The Morgan fingerprint density at radius 3 is 2.27 bits per heavy atom. The topological polar surface area (TPSA) is 93.1 Å². The molecule has 0 unspecified atom stereocenters. The molecule has 2 rings (SSSR count). The number of halogens is 2. The summed E-state index contributed by atoms with van der Waals surface area (Å²) in [5.41, 5.74) is -0.150. The lowest BCUT2D eigenvalue weighted by Gasteiger charge is -2.19. The highest BCUT2D eigenvalue weighted by atomic mass is 32.2. The molecule has 0 aliphatic carbocycles. The standard InChI is InChI=1S/C16H20F2N4O3S/c1-16(2,3)10-5-7-11(8-6-10)20-26(24,25)21-15(23)12-9-22(4)19-13(12)14(17)18/h5-9,14,20H,1-4H3,(H,21,23). The van der Waals surface area contributed by atoms with Crippen LogP contribution in [-0.4, -0.2) is 24.1 Å². The number of alkyl halides is 2. The first-order valence-corrected chi connectivity index (χ1v) is 9.14. The van der Waals surface area contributed by atoms with E-state index in [-0.39, 0.29) is 11.1 Å². The monoisotopic (exact) mass is 386 g/mol. The van der Waals surface area contributed by atoms with Gasteiger partial charge in [-0.2, -0.15) is 13.5 Å². The van der Waals surface area contributed by atoms with Gasteiger partial charge in [0.2, 0.25) is 0 Å². The number of benzene rings is 1. The van der Waals surface area contributed by atoms with Crippen molar-refractivity contribution in [3.05, 3.63) is 47.3 Å². The Hall–Kier alpha value is -2.49. The first-order chi connectivity index (χ1) is 11.9. The highest BCUT2D eigenvalue weighted by Gasteiger charge is 2.25. The summed E-state index contributed by atoms with van der Waals surface area (Å²) < 4.78 is 54.9. The summed E-state index contributed by atoms with van der Waals surface area (Å²) in [6.07, 6.45) is -1.97. The number of anilines is 1. The minimum absolute atomic E-state index is 0.0996. The van der Waals surface area contributed by atoms with Gasteiger partial charge in [0.1, 0.15) is 5.69 Å². The van der Waals surface area contributed by atoms with Gasteiger partial charge in [0, 0.05) is 13.2 Å². The van der Waals surface area contributed by atoms with E-state index >= 15 is 0 Å². The molecule has 26 heavy (non-hydrogen) atoms. The zero-order valence-corrected chi connectivity index (χ0v) is 15.6. The van der Waals surface area contributed by atoms with E-state index in [4.69, 9.17) is 0 Å². The fourth-order valence-electron chi connectivity index (χ4n) is 2.24. The molecular formula is C16H20F2N4O3S. The van der Waals surface area contributed by atoms with Crippen LogP contribution >= 0.6 is 0 Å². The number of carbonyl (C=O) groups excluding carboxylic acids is 1. The van der Waals surface area contributed by atoms with Gasteiger partial charge in [0.05, 0.1) is 11.3 Å². The number of nitrogens with zero attached hydrogens (tertiary/aromatic N) is 2.